The zero-order valence-corrected chi connectivity index (χ0v) is 14.1. The molecule has 0 unspecified atom stereocenters. The van der Waals surface area contributed by atoms with Crippen LogP contribution in [0.1, 0.15) is 39.0 Å². The second kappa shape index (κ2) is 7.44. The molecule has 0 aromatic carbocycles. The number of halogens is 6. The van der Waals surface area contributed by atoms with Gasteiger partial charge >= 0.3 is 24.3 Å². The third kappa shape index (κ3) is 4.04. The van der Waals surface area contributed by atoms with Gasteiger partial charge in [0.15, 0.2) is 11.4 Å². The highest BCUT2D eigenvalue weighted by Crippen LogP contribution is 2.35. The van der Waals surface area contributed by atoms with Crippen LogP contribution in [0.3, 0.4) is 0 Å². The van der Waals surface area contributed by atoms with E-state index in [1.807, 2.05) is 0 Å². The van der Waals surface area contributed by atoms with Crippen molar-refractivity contribution in [1.82, 2.24) is 19.7 Å². The summed E-state index contributed by atoms with van der Waals surface area (Å²) >= 11 is 0. The van der Waals surface area contributed by atoms with E-state index in [1.165, 1.54) is 6.92 Å². The van der Waals surface area contributed by atoms with Gasteiger partial charge in [-0.15, -0.1) is 0 Å². The maximum atomic E-state index is 13.4. The van der Waals surface area contributed by atoms with Crippen molar-refractivity contribution in [2.75, 3.05) is 13.7 Å². The first-order chi connectivity index (χ1) is 12.9. The van der Waals surface area contributed by atoms with Crippen LogP contribution >= 0.6 is 0 Å². The Bertz CT molecular complexity index is 906. The fourth-order valence-corrected chi connectivity index (χ4v) is 2.08. The molecule has 0 radical (unpaired) electrons. The van der Waals surface area contributed by atoms with E-state index in [0.717, 1.165) is 7.11 Å². The van der Waals surface area contributed by atoms with Gasteiger partial charge in [-0.2, -0.15) is 36.1 Å². The third-order valence-electron chi connectivity index (χ3n) is 3.17. The maximum absolute atomic E-state index is 13.4. The molecule has 0 amide bonds. The summed E-state index contributed by atoms with van der Waals surface area (Å²) in [5, 5.41) is 3.26. The molecule has 8 nitrogen and oxygen atoms in total. The molecule has 0 N–H and O–H groups in total. The summed E-state index contributed by atoms with van der Waals surface area (Å²) in [6, 6.07) is 0. The Hall–Kier alpha value is -3.19. The minimum absolute atomic E-state index is 0.0947. The van der Waals surface area contributed by atoms with Gasteiger partial charge in [0, 0.05) is 6.20 Å². The molecule has 2 heterocycles. The first kappa shape index (κ1) is 21.1. The number of ether oxygens (including phenoxy) is 2. The molecule has 28 heavy (non-hydrogen) atoms. The molecular weight excluding hydrogens is 402 g/mol. The second-order valence-corrected chi connectivity index (χ2v) is 4.96. The first-order valence-corrected chi connectivity index (χ1v) is 7.27. The Balaban J connectivity index is 2.72. The molecular formula is C14H10F6N4O4. The van der Waals surface area contributed by atoms with Crippen LogP contribution in [0, 0.1) is 0 Å². The van der Waals surface area contributed by atoms with E-state index in [2.05, 4.69) is 24.5 Å². The molecule has 0 fully saturated rings. The number of carbonyl (C=O) groups is 2. The highest BCUT2D eigenvalue weighted by molar-refractivity contribution is 5.91. The fourth-order valence-electron chi connectivity index (χ4n) is 2.08. The van der Waals surface area contributed by atoms with Crippen molar-refractivity contribution in [1.29, 1.82) is 0 Å². The number of aromatic nitrogens is 4. The lowest BCUT2D eigenvalue weighted by Crippen LogP contribution is -2.22. The molecule has 0 spiro atoms. The van der Waals surface area contributed by atoms with E-state index in [-0.39, 0.29) is 11.3 Å². The molecule has 0 aliphatic carbocycles. The Labute approximate surface area is 152 Å². The number of alkyl halides is 6. The van der Waals surface area contributed by atoms with Crippen molar-refractivity contribution >= 4 is 11.9 Å². The van der Waals surface area contributed by atoms with Crippen molar-refractivity contribution in [3.8, 4) is 5.95 Å². The monoisotopic (exact) mass is 412 g/mol. The van der Waals surface area contributed by atoms with Gasteiger partial charge in [0.05, 0.1) is 19.9 Å². The van der Waals surface area contributed by atoms with Crippen molar-refractivity contribution in [3.63, 3.8) is 0 Å². The summed E-state index contributed by atoms with van der Waals surface area (Å²) in [6.45, 7) is 1.10. The summed E-state index contributed by atoms with van der Waals surface area (Å²) in [5.41, 5.74) is -5.70. The number of methoxy groups -OCH3 is 1. The third-order valence-corrected chi connectivity index (χ3v) is 3.17. The summed E-state index contributed by atoms with van der Waals surface area (Å²) in [4.78, 5) is 29.5. The lowest BCUT2D eigenvalue weighted by atomic mass is 10.2. The number of hydrogen-bond acceptors (Lipinski definition) is 7. The molecule has 0 bridgehead atoms. The predicted molar refractivity (Wildman–Crippen MR) is 76.5 cm³/mol. The number of rotatable bonds is 4. The zero-order chi connectivity index (χ0) is 21.3. The minimum atomic E-state index is -5.21. The molecule has 2 aromatic heterocycles. The number of hydrogen-bond donors (Lipinski definition) is 0. The van der Waals surface area contributed by atoms with Crippen molar-refractivity contribution in [2.45, 2.75) is 19.3 Å². The Kier molecular flexibility index (Phi) is 5.61. The van der Waals surface area contributed by atoms with Crippen LogP contribution in [-0.2, 0) is 21.8 Å². The average Bonchev–Trinajstić information content (AvgIpc) is 3.05. The van der Waals surface area contributed by atoms with Crippen LogP contribution in [0.4, 0.5) is 26.3 Å². The van der Waals surface area contributed by atoms with E-state index < -0.39 is 52.8 Å². The van der Waals surface area contributed by atoms with Crippen molar-refractivity contribution in [2.24, 2.45) is 0 Å². The Morgan fingerprint density at radius 1 is 1.04 bits per heavy atom. The van der Waals surface area contributed by atoms with E-state index in [1.54, 1.807) is 0 Å². The van der Waals surface area contributed by atoms with Gasteiger partial charge in [0.2, 0.25) is 0 Å². The van der Waals surface area contributed by atoms with Crippen LogP contribution in [0.2, 0.25) is 0 Å². The lowest BCUT2D eigenvalue weighted by Gasteiger charge is -2.14. The van der Waals surface area contributed by atoms with Gasteiger partial charge in [-0.1, -0.05) is 0 Å². The van der Waals surface area contributed by atoms with Crippen molar-refractivity contribution < 1.29 is 45.4 Å². The van der Waals surface area contributed by atoms with Gasteiger partial charge in [0.25, 0.3) is 5.95 Å². The van der Waals surface area contributed by atoms with Crippen LogP contribution in [0.25, 0.3) is 5.95 Å². The zero-order valence-electron chi connectivity index (χ0n) is 14.1. The number of carbonyl (C=O) groups excluding carboxylic acids is 2. The largest absolute Gasteiger partial charge is 0.465 e. The predicted octanol–water partition coefficient (Wildman–Crippen LogP) is 2.66. The molecule has 0 atom stereocenters. The van der Waals surface area contributed by atoms with Gasteiger partial charge in [-0.25, -0.2) is 19.6 Å². The normalized spacial score (nSPS) is 12.0. The van der Waals surface area contributed by atoms with E-state index in [0.29, 0.717) is 12.4 Å². The van der Waals surface area contributed by atoms with E-state index in [9.17, 15) is 35.9 Å². The number of esters is 2. The molecule has 2 rings (SSSR count). The molecule has 0 aliphatic heterocycles. The van der Waals surface area contributed by atoms with Crippen LogP contribution in [0.5, 0.6) is 0 Å². The molecule has 0 saturated carbocycles. The Morgan fingerprint density at radius 3 is 2.18 bits per heavy atom. The topological polar surface area (TPSA) is 96.2 Å². The summed E-state index contributed by atoms with van der Waals surface area (Å²) in [6.07, 6.45) is -9.60. The highest BCUT2D eigenvalue weighted by atomic mass is 19.4. The molecule has 0 aliphatic rings. The van der Waals surface area contributed by atoms with Crippen LogP contribution in [0.15, 0.2) is 12.4 Å². The summed E-state index contributed by atoms with van der Waals surface area (Å²) in [5.74, 6) is -3.99. The highest BCUT2D eigenvalue weighted by Gasteiger charge is 2.43. The molecule has 14 heteroatoms. The number of nitrogens with zero attached hydrogens (tertiary/aromatic N) is 4. The smallest absolute Gasteiger partial charge is 0.434 e. The van der Waals surface area contributed by atoms with Gasteiger partial charge in [-0.05, 0) is 6.92 Å². The van der Waals surface area contributed by atoms with Crippen molar-refractivity contribution in [3.05, 3.63) is 34.9 Å². The molecule has 2 aromatic rings. The SMILES string of the molecule is CCOC(=O)c1cnn(-c2ncc(C(=O)OC)c(C(F)(F)F)n2)c1C(F)(F)F. The minimum Gasteiger partial charge on any atom is -0.465 e. The fraction of sp³-hybridized carbons (Fsp3) is 0.357. The van der Waals surface area contributed by atoms with E-state index >= 15 is 0 Å². The average molecular weight is 412 g/mol. The molecule has 152 valence electrons. The van der Waals surface area contributed by atoms with Gasteiger partial charge in [0.1, 0.15) is 11.1 Å². The standard InChI is InChI=1S/C14H10F6N4O4/c1-3-28-11(26)7-5-22-24(9(7)14(18,19)20)12-21-4-6(10(25)27-2)8(23-12)13(15,16)17/h4-5H,3H2,1-2H3. The summed E-state index contributed by atoms with van der Waals surface area (Å²) < 4.78 is 88.3. The van der Waals surface area contributed by atoms with Gasteiger partial charge < -0.3 is 9.47 Å². The van der Waals surface area contributed by atoms with E-state index in [4.69, 9.17) is 0 Å². The van der Waals surface area contributed by atoms with Crippen LogP contribution in [-0.4, -0.2) is 45.4 Å². The maximum Gasteiger partial charge on any atom is 0.434 e. The first-order valence-electron chi connectivity index (χ1n) is 7.27. The lowest BCUT2D eigenvalue weighted by molar-refractivity contribution is -0.143. The molecule has 0 saturated heterocycles. The Morgan fingerprint density at radius 2 is 1.68 bits per heavy atom. The van der Waals surface area contributed by atoms with Crippen LogP contribution < -0.4 is 0 Å². The second-order valence-electron chi connectivity index (χ2n) is 4.96. The van der Waals surface area contributed by atoms with Gasteiger partial charge in [-0.3, -0.25) is 0 Å². The summed E-state index contributed by atoms with van der Waals surface area (Å²) in [7, 11) is 0.803. The quantitative estimate of drug-likeness (QED) is 0.563.